The quantitative estimate of drug-likeness (QED) is 0.612. The number of fused-ring (bicyclic) bond motifs is 1. The van der Waals surface area contributed by atoms with Gasteiger partial charge in [-0.1, -0.05) is 63.2 Å². The molecule has 0 spiro atoms. The third kappa shape index (κ3) is 2.90. The lowest BCUT2D eigenvalue weighted by Crippen LogP contribution is -2.23. The van der Waals surface area contributed by atoms with Gasteiger partial charge in [0.15, 0.2) is 5.78 Å². The van der Waals surface area contributed by atoms with Gasteiger partial charge in [0, 0.05) is 11.0 Å². The number of hydrogen-bond donors (Lipinski definition) is 0. The van der Waals surface area contributed by atoms with Crippen molar-refractivity contribution < 1.29 is 9.59 Å². The highest BCUT2D eigenvalue weighted by Gasteiger charge is 2.24. The maximum absolute atomic E-state index is 12.3. The Morgan fingerprint density at radius 3 is 2.26 bits per heavy atom. The molecular formula is C17H18O2. The summed E-state index contributed by atoms with van der Waals surface area (Å²) in [7, 11) is 0. The number of rotatable bonds is 3. The Hall–Kier alpha value is -1.96. The summed E-state index contributed by atoms with van der Waals surface area (Å²) in [6.45, 7) is 5.52. The summed E-state index contributed by atoms with van der Waals surface area (Å²) in [4.78, 5) is 24.3. The minimum absolute atomic E-state index is 0.0227. The summed E-state index contributed by atoms with van der Waals surface area (Å²) in [5.41, 5.74) is 0.163. The SMILES string of the molecule is CC(C)(C)C(=O)CC(=O)c1cccc2ccccc12. The van der Waals surface area contributed by atoms with E-state index in [-0.39, 0.29) is 18.0 Å². The van der Waals surface area contributed by atoms with Crippen LogP contribution >= 0.6 is 0 Å². The molecule has 2 aromatic rings. The molecule has 2 rings (SSSR count). The van der Waals surface area contributed by atoms with Crippen LogP contribution in [0.1, 0.15) is 37.6 Å². The van der Waals surface area contributed by atoms with E-state index in [1.165, 1.54) is 0 Å². The molecule has 0 bridgehead atoms. The summed E-state index contributed by atoms with van der Waals surface area (Å²) in [6, 6.07) is 13.4. The van der Waals surface area contributed by atoms with Gasteiger partial charge < -0.3 is 0 Å². The van der Waals surface area contributed by atoms with Crippen LogP contribution in [0.2, 0.25) is 0 Å². The van der Waals surface area contributed by atoms with Crippen LogP contribution in [0, 0.1) is 5.41 Å². The summed E-state index contributed by atoms with van der Waals surface area (Å²) >= 11 is 0. The second-order valence-corrected chi connectivity index (χ2v) is 5.80. The van der Waals surface area contributed by atoms with Gasteiger partial charge >= 0.3 is 0 Å². The van der Waals surface area contributed by atoms with Gasteiger partial charge in [0.05, 0.1) is 6.42 Å². The number of carbonyl (C=O) groups is 2. The minimum Gasteiger partial charge on any atom is -0.299 e. The van der Waals surface area contributed by atoms with Crippen molar-refractivity contribution in [1.82, 2.24) is 0 Å². The highest BCUT2D eigenvalue weighted by Crippen LogP contribution is 2.22. The fourth-order valence-electron chi connectivity index (χ4n) is 1.97. The van der Waals surface area contributed by atoms with E-state index in [2.05, 4.69) is 0 Å². The van der Waals surface area contributed by atoms with Crippen molar-refractivity contribution in [3.05, 3.63) is 48.0 Å². The van der Waals surface area contributed by atoms with E-state index >= 15 is 0 Å². The first-order valence-electron chi connectivity index (χ1n) is 6.44. The van der Waals surface area contributed by atoms with Crippen LogP contribution in [0.25, 0.3) is 10.8 Å². The van der Waals surface area contributed by atoms with Crippen molar-refractivity contribution in [3.8, 4) is 0 Å². The predicted octanol–water partition coefficient (Wildman–Crippen LogP) is 4.03. The molecule has 0 amide bonds. The molecule has 0 aliphatic carbocycles. The Balaban J connectivity index is 2.35. The Morgan fingerprint density at radius 2 is 1.58 bits per heavy atom. The Labute approximate surface area is 113 Å². The van der Waals surface area contributed by atoms with E-state index in [0.717, 1.165) is 10.8 Å². The van der Waals surface area contributed by atoms with Crippen LogP contribution in [0.4, 0.5) is 0 Å². The highest BCUT2D eigenvalue weighted by atomic mass is 16.1. The monoisotopic (exact) mass is 254 g/mol. The Bertz CT molecular complexity index is 628. The minimum atomic E-state index is -0.472. The molecule has 0 heterocycles. The van der Waals surface area contributed by atoms with Gasteiger partial charge in [-0.3, -0.25) is 9.59 Å². The van der Waals surface area contributed by atoms with Crippen LogP contribution in [-0.2, 0) is 4.79 Å². The first-order chi connectivity index (χ1) is 8.89. The lowest BCUT2D eigenvalue weighted by atomic mass is 9.86. The lowest BCUT2D eigenvalue weighted by molar-refractivity contribution is -0.125. The molecule has 0 N–H and O–H groups in total. The van der Waals surface area contributed by atoms with Crippen molar-refractivity contribution in [2.75, 3.05) is 0 Å². The third-order valence-electron chi connectivity index (χ3n) is 3.25. The summed E-state index contributed by atoms with van der Waals surface area (Å²) in [5.74, 6) is -0.123. The zero-order chi connectivity index (χ0) is 14.0. The summed E-state index contributed by atoms with van der Waals surface area (Å²) in [6.07, 6.45) is -0.0303. The van der Waals surface area contributed by atoms with Gasteiger partial charge in [0.25, 0.3) is 0 Å². The zero-order valence-corrected chi connectivity index (χ0v) is 11.6. The molecule has 2 nitrogen and oxygen atoms in total. The molecule has 19 heavy (non-hydrogen) atoms. The Kier molecular flexibility index (Phi) is 3.52. The molecule has 0 radical (unpaired) electrons. The van der Waals surface area contributed by atoms with E-state index in [1.54, 1.807) is 6.07 Å². The van der Waals surface area contributed by atoms with E-state index in [4.69, 9.17) is 0 Å². The van der Waals surface area contributed by atoms with Crippen LogP contribution < -0.4 is 0 Å². The standard InChI is InChI=1S/C17H18O2/c1-17(2,3)16(19)11-15(18)14-10-6-8-12-7-4-5-9-13(12)14/h4-10H,11H2,1-3H3. The highest BCUT2D eigenvalue weighted by molar-refractivity contribution is 6.15. The predicted molar refractivity (Wildman–Crippen MR) is 77.4 cm³/mol. The number of hydrogen-bond acceptors (Lipinski definition) is 2. The first-order valence-corrected chi connectivity index (χ1v) is 6.44. The van der Waals surface area contributed by atoms with Gasteiger partial charge in [-0.2, -0.15) is 0 Å². The fourth-order valence-corrected chi connectivity index (χ4v) is 1.97. The molecule has 98 valence electrons. The normalized spacial score (nSPS) is 11.5. The molecule has 0 saturated carbocycles. The van der Waals surface area contributed by atoms with Crippen LogP contribution in [-0.4, -0.2) is 11.6 Å². The van der Waals surface area contributed by atoms with Gasteiger partial charge in [-0.25, -0.2) is 0 Å². The lowest BCUT2D eigenvalue weighted by Gasteiger charge is -2.16. The molecule has 2 heteroatoms. The van der Waals surface area contributed by atoms with Gasteiger partial charge in [-0.15, -0.1) is 0 Å². The van der Waals surface area contributed by atoms with Crippen molar-refractivity contribution in [2.24, 2.45) is 5.41 Å². The maximum atomic E-state index is 12.3. The second-order valence-electron chi connectivity index (χ2n) is 5.80. The molecule has 0 saturated heterocycles. The van der Waals surface area contributed by atoms with Crippen LogP contribution in [0.5, 0.6) is 0 Å². The molecule has 0 unspecified atom stereocenters. The van der Waals surface area contributed by atoms with Gasteiger partial charge in [-0.05, 0) is 10.8 Å². The molecule has 0 aliphatic heterocycles. The average molecular weight is 254 g/mol. The fraction of sp³-hybridized carbons (Fsp3) is 0.294. The Morgan fingerprint density at radius 1 is 0.947 bits per heavy atom. The van der Waals surface area contributed by atoms with E-state index < -0.39 is 5.41 Å². The largest absolute Gasteiger partial charge is 0.299 e. The number of ketones is 2. The van der Waals surface area contributed by atoms with Crippen molar-refractivity contribution in [1.29, 1.82) is 0 Å². The second kappa shape index (κ2) is 4.96. The molecule has 0 fully saturated rings. The van der Waals surface area contributed by atoms with E-state index in [1.807, 2.05) is 57.2 Å². The topological polar surface area (TPSA) is 34.1 Å². The van der Waals surface area contributed by atoms with E-state index in [0.29, 0.717) is 5.56 Å². The first kappa shape index (κ1) is 13.5. The smallest absolute Gasteiger partial charge is 0.170 e. The third-order valence-corrected chi connectivity index (χ3v) is 3.25. The van der Waals surface area contributed by atoms with Crippen molar-refractivity contribution in [2.45, 2.75) is 27.2 Å². The molecule has 2 aromatic carbocycles. The summed E-state index contributed by atoms with van der Waals surface area (Å²) in [5, 5.41) is 1.94. The average Bonchev–Trinajstić information content (AvgIpc) is 2.36. The molecule has 0 aliphatic rings. The molecule has 0 aromatic heterocycles. The van der Waals surface area contributed by atoms with Crippen LogP contribution in [0.3, 0.4) is 0 Å². The number of Topliss-reactive ketones (excluding diaryl/α,β-unsaturated/α-hetero) is 2. The molecular weight excluding hydrogens is 236 g/mol. The number of benzene rings is 2. The zero-order valence-electron chi connectivity index (χ0n) is 11.6. The molecule has 0 atom stereocenters. The van der Waals surface area contributed by atoms with Gasteiger partial charge in [0.1, 0.15) is 5.78 Å². The van der Waals surface area contributed by atoms with Crippen LogP contribution in [0.15, 0.2) is 42.5 Å². The maximum Gasteiger partial charge on any atom is 0.170 e. The van der Waals surface area contributed by atoms with Crippen molar-refractivity contribution in [3.63, 3.8) is 0 Å². The number of carbonyl (C=O) groups excluding carboxylic acids is 2. The van der Waals surface area contributed by atoms with Crippen molar-refractivity contribution >= 4 is 22.3 Å². The summed E-state index contributed by atoms with van der Waals surface area (Å²) < 4.78 is 0. The van der Waals surface area contributed by atoms with E-state index in [9.17, 15) is 9.59 Å². The van der Waals surface area contributed by atoms with Gasteiger partial charge in [0.2, 0.25) is 0 Å².